The van der Waals surface area contributed by atoms with E-state index in [4.69, 9.17) is 4.74 Å². The van der Waals surface area contributed by atoms with Crippen molar-refractivity contribution >= 4 is 55.5 Å². The van der Waals surface area contributed by atoms with Crippen LogP contribution < -0.4 is 14.9 Å². The minimum Gasteiger partial charge on any atom is -0.378 e. The van der Waals surface area contributed by atoms with Crippen LogP contribution in [0.4, 0.5) is 22.9 Å². The van der Waals surface area contributed by atoms with Gasteiger partial charge in [0.2, 0.25) is 0 Å². The van der Waals surface area contributed by atoms with Gasteiger partial charge in [0.1, 0.15) is 0 Å². The molecule has 0 saturated carbocycles. The number of nitrogens with zero attached hydrogens (tertiary/aromatic N) is 3. The molecule has 0 amide bonds. The molecule has 0 atom stereocenters. The molecule has 10 heteroatoms. The Morgan fingerprint density at radius 2 is 1.63 bits per heavy atom. The van der Waals surface area contributed by atoms with Crippen molar-refractivity contribution in [2.24, 2.45) is 0 Å². The van der Waals surface area contributed by atoms with E-state index in [2.05, 4.69) is 47.7 Å². The third kappa shape index (κ3) is 5.18. The number of benzene rings is 2. The summed E-state index contributed by atoms with van der Waals surface area (Å²) < 4.78 is 34.0. The number of rotatable bonds is 6. The Bertz CT molecular complexity index is 1100. The molecule has 1 fully saturated rings. The molecule has 1 aliphatic heterocycles. The molecule has 4 rings (SSSR count). The zero-order valence-corrected chi connectivity index (χ0v) is 18.9. The van der Waals surface area contributed by atoms with E-state index < -0.39 is 10.0 Å². The van der Waals surface area contributed by atoms with Gasteiger partial charge < -0.3 is 15.0 Å². The van der Waals surface area contributed by atoms with Crippen molar-refractivity contribution in [2.45, 2.75) is 4.90 Å². The predicted molar refractivity (Wildman–Crippen MR) is 125 cm³/mol. The fourth-order valence-electron chi connectivity index (χ4n) is 3.01. The summed E-state index contributed by atoms with van der Waals surface area (Å²) in [5.74, 6) is 0.617. The van der Waals surface area contributed by atoms with Crippen molar-refractivity contribution in [3.63, 3.8) is 0 Å². The Kier molecular flexibility index (Phi) is 6.35. The summed E-state index contributed by atoms with van der Waals surface area (Å²) in [5, 5.41) is 11.4. The Morgan fingerprint density at radius 1 is 0.967 bits per heavy atom. The second kappa shape index (κ2) is 9.14. The number of anilines is 4. The summed E-state index contributed by atoms with van der Waals surface area (Å²) in [4.78, 5) is 2.42. The summed E-state index contributed by atoms with van der Waals surface area (Å²) in [7, 11) is -3.63. The highest BCUT2D eigenvalue weighted by Crippen LogP contribution is 2.23. The third-order valence-corrected chi connectivity index (χ3v) is 6.67. The van der Waals surface area contributed by atoms with Gasteiger partial charge in [0, 0.05) is 34.1 Å². The summed E-state index contributed by atoms with van der Waals surface area (Å²) in [5.41, 5.74) is 2.24. The van der Waals surface area contributed by atoms with Gasteiger partial charge in [-0.25, -0.2) is 8.42 Å². The predicted octanol–water partition coefficient (Wildman–Crippen LogP) is 3.46. The number of nitrogens with one attached hydrogen (secondary N) is 2. The molecular weight excluding hydrogens is 517 g/mol. The summed E-state index contributed by atoms with van der Waals surface area (Å²) in [6.45, 7) is 3.04. The zero-order chi connectivity index (χ0) is 21.0. The van der Waals surface area contributed by atoms with Crippen LogP contribution in [0.1, 0.15) is 0 Å². The van der Waals surface area contributed by atoms with Gasteiger partial charge in [-0.05, 0) is 71.1 Å². The van der Waals surface area contributed by atoms with Crippen LogP contribution in [0.25, 0.3) is 0 Å². The highest BCUT2D eigenvalue weighted by atomic mass is 127. The van der Waals surface area contributed by atoms with E-state index in [0.29, 0.717) is 24.7 Å². The van der Waals surface area contributed by atoms with Crippen LogP contribution >= 0.6 is 22.6 Å². The van der Waals surface area contributed by atoms with Gasteiger partial charge in [-0.3, -0.25) is 4.72 Å². The molecule has 0 spiro atoms. The number of hydrogen-bond acceptors (Lipinski definition) is 7. The molecule has 3 aromatic rings. The van der Waals surface area contributed by atoms with Crippen molar-refractivity contribution < 1.29 is 13.2 Å². The molecule has 0 aliphatic carbocycles. The van der Waals surface area contributed by atoms with Gasteiger partial charge in [-0.15, -0.1) is 5.10 Å². The van der Waals surface area contributed by atoms with Crippen LogP contribution in [0.5, 0.6) is 0 Å². The SMILES string of the molecule is O=S(=O)(Nc1ccc(Nc2cc(N3CCOCC3)cnn2)cc1)c1ccc(I)cc1. The van der Waals surface area contributed by atoms with Crippen molar-refractivity contribution in [2.75, 3.05) is 41.2 Å². The third-order valence-electron chi connectivity index (χ3n) is 4.55. The van der Waals surface area contributed by atoms with Crippen LogP contribution in [0.15, 0.2) is 65.7 Å². The van der Waals surface area contributed by atoms with Crippen molar-refractivity contribution in [1.29, 1.82) is 0 Å². The van der Waals surface area contributed by atoms with Gasteiger partial charge >= 0.3 is 0 Å². The van der Waals surface area contributed by atoms with Gasteiger partial charge in [-0.2, -0.15) is 5.10 Å². The van der Waals surface area contributed by atoms with E-state index in [9.17, 15) is 8.42 Å². The normalized spacial score (nSPS) is 14.4. The number of morpholine rings is 1. The lowest BCUT2D eigenvalue weighted by atomic mass is 10.3. The van der Waals surface area contributed by atoms with Gasteiger partial charge in [0.15, 0.2) is 5.82 Å². The topological polar surface area (TPSA) is 96.5 Å². The molecule has 0 radical (unpaired) electrons. The second-order valence-electron chi connectivity index (χ2n) is 6.66. The number of hydrogen-bond donors (Lipinski definition) is 2. The van der Waals surface area contributed by atoms with E-state index in [0.717, 1.165) is 28.0 Å². The maximum absolute atomic E-state index is 12.5. The lowest BCUT2D eigenvalue weighted by Crippen LogP contribution is -2.36. The second-order valence-corrected chi connectivity index (χ2v) is 9.59. The molecule has 2 aromatic carbocycles. The lowest BCUT2D eigenvalue weighted by Gasteiger charge is -2.28. The maximum atomic E-state index is 12.5. The van der Waals surface area contributed by atoms with Crippen LogP contribution in [0.2, 0.25) is 0 Å². The first kappa shape index (κ1) is 20.8. The smallest absolute Gasteiger partial charge is 0.261 e. The van der Waals surface area contributed by atoms with Crippen LogP contribution in [0, 0.1) is 3.57 Å². The lowest BCUT2D eigenvalue weighted by molar-refractivity contribution is 0.122. The summed E-state index contributed by atoms with van der Waals surface area (Å²) in [6.07, 6.45) is 1.74. The highest BCUT2D eigenvalue weighted by Gasteiger charge is 2.14. The van der Waals surface area contributed by atoms with E-state index >= 15 is 0 Å². The molecule has 0 unspecified atom stereocenters. The molecule has 1 aliphatic rings. The van der Waals surface area contributed by atoms with Gasteiger partial charge in [0.25, 0.3) is 10.0 Å². The molecular formula is C20H20IN5O3S. The van der Waals surface area contributed by atoms with E-state index in [1.165, 1.54) is 0 Å². The monoisotopic (exact) mass is 537 g/mol. The van der Waals surface area contributed by atoms with Crippen molar-refractivity contribution in [1.82, 2.24) is 10.2 Å². The molecule has 0 bridgehead atoms. The average Bonchev–Trinajstić information content (AvgIpc) is 2.76. The van der Waals surface area contributed by atoms with Crippen molar-refractivity contribution in [3.8, 4) is 0 Å². The fourth-order valence-corrected chi connectivity index (χ4v) is 4.43. The molecule has 30 heavy (non-hydrogen) atoms. The molecule has 1 aromatic heterocycles. The summed E-state index contributed by atoms with van der Waals surface area (Å²) >= 11 is 2.14. The van der Waals surface area contributed by atoms with E-state index in [1.54, 1.807) is 54.7 Å². The average molecular weight is 537 g/mol. The first-order valence-corrected chi connectivity index (χ1v) is 11.9. The molecule has 2 N–H and O–H groups in total. The standard InChI is InChI=1S/C20H20IN5O3S/c21-15-1-7-19(8-2-15)30(27,28)25-17-5-3-16(4-6-17)23-20-13-18(14-22-24-20)26-9-11-29-12-10-26/h1-8,13-14,25H,9-12H2,(H,23,24). The maximum Gasteiger partial charge on any atom is 0.261 e. The minimum atomic E-state index is -3.63. The van der Waals surface area contributed by atoms with E-state index in [-0.39, 0.29) is 4.90 Å². The largest absolute Gasteiger partial charge is 0.378 e. The molecule has 2 heterocycles. The van der Waals surface area contributed by atoms with Crippen LogP contribution in [0.3, 0.4) is 0 Å². The highest BCUT2D eigenvalue weighted by molar-refractivity contribution is 14.1. The number of sulfonamides is 1. The first-order valence-electron chi connectivity index (χ1n) is 9.30. The Morgan fingerprint density at radius 3 is 2.33 bits per heavy atom. The van der Waals surface area contributed by atoms with Gasteiger partial charge in [-0.1, -0.05) is 0 Å². The molecule has 156 valence electrons. The minimum absolute atomic E-state index is 0.223. The van der Waals surface area contributed by atoms with Crippen LogP contribution in [-0.4, -0.2) is 44.9 Å². The number of ether oxygens (including phenoxy) is 1. The number of halogens is 1. The van der Waals surface area contributed by atoms with Gasteiger partial charge in [0.05, 0.1) is 30.0 Å². The van der Waals surface area contributed by atoms with Crippen LogP contribution in [-0.2, 0) is 14.8 Å². The fraction of sp³-hybridized carbons (Fsp3) is 0.200. The Labute approximate surface area is 188 Å². The zero-order valence-electron chi connectivity index (χ0n) is 16.0. The summed E-state index contributed by atoms with van der Waals surface area (Å²) in [6, 6.07) is 15.6. The molecule has 8 nitrogen and oxygen atoms in total. The van der Waals surface area contributed by atoms with Crippen molar-refractivity contribution in [3.05, 3.63) is 64.4 Å². The quantitative estimate of drug-likeness (QED) is 0.465. The number of aromatic nitrogens is 2. The Hall–Kier alpha value is -2.44. The molecule has 1 saturated heterocycles. The van der Waals surface area contributed by atoms with E-state index in [1.807, 2.05) is 6.07 Å². The Balaban J connectivity index is 1.43. The first-order chi connectivity index (χ1) is 14.5.